The second-order valence-electron chi connectivity index (χ2n) is 9.55. The van der Waals surface area contributed by atoms with E-state index in [0.717, 1.165) is 32.0 Å². The Morgan fingerprint density at radius 3 is 3.03 bits per heavy atom. The molecule has 3 saturated heterocycles. The summed E-state index contributed by atoms with van der Waals surface area (Å²) >= 11 is 0. The van der Waals surface area contributed by atoms with Gasteiger partial charge < -0.3 is 15.0 Å². The maximum atomic E-state index is 13.6. The Balaban J connectivity index is 1.30. The Labute approximate surface area is 177 Å². The fourth-order valence-corrected chi connectivity index (χ4v) is 6.58. The van der Waals surface area contributed by atoms with Gasteiger partial charge in [0.1, 0.15) is 5.75 Å². The first-order valence-electron chi connectivity index (χ1n) is 11.5. The number of benzene rings is 1. The van der Waals surface area contributed by atoms with Crippen molar-refractivity contribution >= 4 is 17.5 Å². The number of carbonyl (C=O) groups is 2. The number of amides is 2. The van der Waals surface area contributed by atoms with Crippen LogP contribution >= 0.6 is 0 Å². The number of ether oxygens (including phenoxy) is 1. The maximum absolute atomic E-state index is 13.6. The van der Waals surface area contributed by atoms with Crippen LogP contribution in [0.4, 0.5) is 5.69 Å². The Bertz CT molecular complexity index is 926. The van der Waals surface area contributed by atoms with Gasteiger partial charge in [-0.15, -0.1) is 0 Å². The highest BCUT2D eigenvalue weighted by Gasteiger charge is 2.47. The smallest absolute Gasteiger partial charge is 0.262 e. The van der Waals surface area contributed by atoms with E-state index in [0.29, 0.717) is 28.8 Å². The van der Waals surface area contributed by atoms with E-state index in [9.17, 15) is 9.59 Å². The SMILES string of the molecule is O=C1COc2ccc(C(=O)N3CCCC4=CC5CC(CN6CCCCC56)[C@@H]43)cc2N1. The van der Waals surface area contributed by atoms with Crippen molar-refractivity contribution in [3.63, 3.8) is 0 Å². The first kappa shape index (κ1) is 18.4. The molecule has 6 rings (SSSR count). The van der Waals surface area contributed by atoms with Gasteiger partial charge >= 0.3 is 0 Å². The van der Waals surface area contributed by atoms with Gasteiger partial charge in [-0.25, -0.2) is 0 Å². The minimum atomic E-state index is -0.174. The van der Waals surface area contributed by atoms with E-state index in [4.69, 9.17) is 4.74 Å². The second-order valence-corrected chi connectivity index (χ2v) is 9.55. The first-order valence-corrected chi connectivity index (χ1v) is 11.5. The summed E-state index contributed by atoms with van der Waals surface area (Å²) in [5, 5.41) is 2.83. The molecule has 1 N–H and O–H groups in total. The second kappa shape index (κ2) is 7.12. The average molecular weight is 408 g/mol. The predicted molar refractivity (Wildman–Crippen MR) is 114 cm³/mol. The molecule has 2 bridgehead atoms. The zero-order valence-corrected chi connectivity index (χ0v) is 17.3. The van der Waals surface area contributed by atoms with Crippen LogP contribution in [0.5, 0.6) is 5.75 Å². The molecule has 0 aromatic heterocycles. The molecule has 1 aromatic rings. The summed E-state index contributed by atoms with van der Waals surface area (Å²) in [6.45, 7) is 3.18. The highest BCUT2D eigenvalue weighted by Crippen LogP contribution is 2.45. The monoisotopic (exact) mass is 407 g/mol. The van der Waals surface area contributed by atoms with Gasteiger partial charge in [0, 0.05) is 24.7 Å². The van der Waals surface area contributed by atoms with E-state index in [-0.39, 0.29) is 24.5 Å². The van der Waals surface area contributed by atoms with Gasteiger partial charge in [0.2, 0.25) is 0 Å². The zero-order chi connectivity index (χ0) is 20.2. The molecule has 4 aliphatic heterocycles. The van der Waals surface area contributed by atoms with E-state index < -0.39 is 0 Å². The van der Waals surface area contributed by atoms with Gasteiger partial charge in [0.25, 0.3) is 11.8 Å². The molecule has 5 aliphatic rings. The molecule has 1 aliphatic carbocycles. The number of likely N-dealkylation sites (tertiary alicyclic amines) is 1. The van der Waals surface area contributed by atoms with Gasteiger partial charge in [-0.1, -0.05) is 18.1 Å². The molecule has 0 spiro atoms. The van der Waals surface area contributed by atoms with E-state index in [1.165, 1.54) is 37.8 Å². The summed E-state index contributed by atoms with van der Waals surface area (Å²) in [7, 11) is 0. The van der Waals surface area contributed by atoms with Crippen molar-refractivity contribution in [2.75, 3.05) is 31.6 Å². The standard InChI is InChI=1S/C24H29N3O3/c28-22-14-30-21-7-6-16(12-19(21)25-22)24(29)27-9-3-4-15-10-17-11-18(23(15)27)13-26-8-2-1-5-20(17)26/h6-7,10,12,17-18,20,23H,1-5,8-9,11,13-14H2,(H,25,28)/t17?,18?,20?,23-/m1/s1. The first-order chi connectivity index (χ1) is 14.7. The molecule has 3 fully saturated rings. The molecule has 2 amide bonds. The molecule has 30 heavy (non-hydrogen) atoms. The fourth-order valence-electron chi connectivity index (χ4n) is 6.58. The molecular weight excluding hydrogens is 378 g/mol. The van der Waals surface area contributed by atoms with Crippen molar-refractivity contribution in [2.24, 2.45) is 11.8 Å². The van der Waals surface area contributed by atoms with Crippen molar-refractivity contribution in [1.82, 2.24) is 9.80 Å². The summed E-state index contributed by atoms with van der Waals surface area (Å²) in [5.74, 6) is 1.74. The van der Waals surface area contributed by atoms with Crippen LogP contribution in [0.25, 0.3) is 0 Å². The fraction of sp³-hybridized carbons (Fsp3) is 0.583. The molecular formula is C24H29N3O3. The van der Waals surface area contributed by atoms with Crippen LogP contribution in [0.15, 0.2) is 29.8 Å². The summed E-state index contributed by atoms with van der Waals surface area (Å²) < 4.78 is 5.45. The van der Waals surface area contributed by atoms with E-state index >= 15 is 0 Å². The summed E-state index contributed by atoms with van der Waals surface area (Å²) in [4.78, 5) is 30.1. The van der Waals surface area contributed by atoms with Gasteiger partial charge in [-0.2, -0.15) is 0 Å². The van der Waals surface area contributed by atoms with E-state index in [1.807, 2.05) is 6.07 Å². The van der Waals surface area contributed by atoms with Crippen molar-refractivity contribution in [1.29, 1.82) is 0 Å². The van der Waals surface area contributed by atoms with Crippen LogP contribution < -0.4 is 10.1 Å². The minimum Gasteiger partial charge on any atom is -0.482 e. The molecule has 0 radical (unpaired) electrons. The third-order valence-electron chi connectivity index (χ3n) is 7.78. The largest absolute Gasteiger partial charge is 0.482 e. The van der Waals surface area contributed by atoms with E-state index in [1.54, 1.807) is 12.1 Å². The molecule has 3 unspecified atom stereocenters. The molecule has 6 nitrogen and oxygen atoms in total. The number of fused-ring (bicyclic) bond motifs is 7. The van der Waals surface area contributed by atoms with E-state index in [2.05, 4.69) is 21.2 Å². The highest BCUT2D eigenvalue weighted by atomic mass is 16.5. The number of nitrogens with zero attached hydrogens (tertiary/aromatic N) is 2. The molecule has 4 atom stereocenters. The summed E-state index contributed by atoms with van der Waals surface area (Å²) in [5.41, 5.74) is 2.73. The van der Waals surface area contributed by atoms with Crippen LogP contribution in [-0.2, 0) is 4.79 Å². The zero-order valence-electron chi connectivity index (χ0n) is 17.3. The van der Waals surface area contributed by atoms with Crippen LogP contribution in [0.2, 0.25) is 0 Å². The molecule has 158 valence electrons. The van der Waals surface area contributed by atoms with Crippen molar-refractivity contribution in [3.05, 3.63) is 35.4 Å². The number of nitrogens with one attached hydrogen (secondary N) is 1. The Kier molecular flexibility index (Phi) is 4.37. The Hall–Kier alpha value is -2.34. The lowest BCUT2D eigenvalue weighted by molar-refractivity contribution is -0.118. The van der Waals surface area contributed by atoms with Crippen LogP contribution in [0.3, 0.4) is 0 Å². The number of rotatable bonds is 1. The quantitative estimate of drug-likeness (QED) is 0.727. The van der Waals surface area contributed by atoms with Crippen molar-refractivity contribution in [3.8, 4) is 5.75 Å². The topological polar surface area (TPSA) is 61.9 Å². The van der Waals surface area contributed by atoms with Crippen LogP contribution in [0.1, 0.15) is 48.9 Å². The Morgan fingerprint density at radius 1 is 1.17 bits per heavy atom. The molecule has 6 heteroatoms. The number of hydrogen-bond acceptors (Lipinski definition) is 4. The van der Waals surface area contributed by atoms with Gasteiger partial charge in [0.15, 0.2) is 6.61 Å². The normalized spacial score (nSPS) is 32.7. The van der Waals surface area contributed by atoms with Gasteiger partial charge in [-0.05, 0) is 68.7 Å². The number of anilines is 1. The highest BCUT2D eigenvalue weighted by molar-refractivity contribution is 6.00. The molecule has 0 saturated carbocycles. The number of piperidine rings is 3. The maximum Gasteiger partial charge on any atom is 0.262 e. The lowest BCUT2D eigenvalue weighted by Gasteiger charge is -2.54. The lowest BCUT2D eigenvalue weighted by atomic mass is 9.68. The molecule has 4 heterocycles. The predicted octanol–water partition coefficient (Wildman–Crippen LogP) is 3.05. The minimum absolute atomic E-state index is 0.0307. The van der Waals surface area contributed by atoms with Crippen LogP contribution in [-0.4, -0.2) is 59.9 Å². The summed E-state index contributed by atoms with van der Waals surface area (Å²) in [6.07, 6.45) is 9.92. The Morgan fingerprint density at radius 2 is 2.10 bits per heavy atom. The van der Waals surface area contributed by atoms with Gasteiger partial charge in [0.05, 0.1) is 11.7 Å². The molecule has 1 aromatic carbocycles. The average Bonchev–Trinajstić information content (AvgIpc) is 2.78. The number of carbonyl (C=O) groups excluding carboxylic acids is 2. The third kappa shape index (κ3) is 2.96. The lowest BCUT2D eigenvalue weighted by Crippen LogP contribution is -2.60. The summed E-state index contributed by atoms with van der Waals surface area (Å²) in [6, 6.07) is 6.37. The van der Waals surface area contributed by atoms with Crippen LogP contribution in [0, 0.1) is 11.8 Å². The number of hydrogen-bond donors (Lipinski definition) is 1. The van der Waals surface area contributed by atoms with Crippen molar-refractivity contribution in [2.45, 2.75) is 50.6 Å². The van der Waals surface area contributed by atoms with Crippen molar-refractivity contribution < 1.29 is 14.3 Å². The van der Waals surface area contributed by atoms with Gasteiger partial charge in [-0.3, -0.25) is 14.5 Å². The third-order valence-corrected chi connectivity index (χ3v) is 7.78.